The molecule has 0 saturated carbocycles. The molecule has 5 rings (SSSR count). The van der Waals surface area contributed by atoms with E-state index in [4.69, 9.17) is 14.2 Å². The molecule has 1 aliphatic heterocycles. The summed E-state index contributed by atoms with van der Waals surface area (Å²) < 4.78 is 18.1. The molecule has 5 atom stereocenters. The fourth-order valence-electron chi connectivity index (χ4n) is 5.76. The summed E-state index contributed by atoms with van der Waals surface area (Å²) in [6.45, 7) is 6.78. The summed E-state index contributed by atoms with van der Waals surface area (Å²) in [6.07, 6.45) is -1.03. The number of carbonyl (C=O) groups is 2. The SMILES string of the molecule is CCOC(=O)CNC(=O)Nc1ccc([C@H]2O[C@@H](CN(C)[C@H](C)c3ccc4ccccc4c3)[C@@H](C)[C@@H](c3ccc(CO)cc3)O2)cc1. The van der Waals surface area contributed by atoms with Gasteiger partial charge in [0.25, 0.3) is 0 Å². The highest BCUT2D eigenvalue weighted by Gasteiger charge is 2.39. The van der Waals surface area contributed by atoms with Crippen LogP contribution in [-0.4, -0.2) is 54.9 Å². The number of hydrogen-bond acceptors (Lipinski definition) is 7. The molecule has 0 aromatic heterocycles. The van der Waals surface area contributed by atoms with Crippen LogP contribution in [0, 0.1) is 5.92 Å². The number of urea groups is 1. The molecule has 1 fully saturated rings. The van der Waals surface area contributed by atoms with E-state index in [0.29, 0.717) is 12.2 Å². The molecule has 242 valence electrons. The number of anilines is 1. The maximum Gasteiger partial charge on any atom is 0.325 e. The number of fused-ring (bicyclic) bond motifs is 1. The van der Waals surface area contributed by atoms with Crippen LogP contribution in [-0.2, 0) is 25.6 Å². The van der Waals surface area contributed by atoms with Crippen molar-refractivity contribution in [3.05, 3.63) is 113 Å². The second-order valence-electron chi connectivity index (χ2n) is 11.8. The maximum absolute atomic E-state index is 12.3. The van der Waals surface area contributed by atoms with Crippen molar-refractivity contribution in [2.45, 2.75) is 51.9 Å². The first-order valence-electron chi connectivity index (χ1n) is 15.8. The van der Waals surface area contributed by atoms with E-state index in [-0.39, 0.29) is 43.9 Å². The first-order valence-corrected chi connectivity index (χ1v) is 15.8. The van der Waals surface area contributed by atoms with Crippen molar-refractivity contribution < 1.29 is 28.9 Å². The van der Waals surface area contributed by atoms with Crippen molar-refractivity contribution in [2.24, 2.45) is 5.92 Å². The zero-order valence-corrected chi connectivity index (χ0v) is 26.8. The second-order valence-corrected chi connectivity index (χ2v) is 11.8. The predicted molar refractivity (Wildman–Crippen MR) is 178 cm³/mol. The number of aliphatic hydroxyl groups is 1. The van der Waals surface area contributed by atoms with Gasteiger partial charge in [-0.15, -0.1) is 0 Å². The second kappa shape index (κ2) is 15.3. The topological polar surface area (TPSA) is 109 Å². The summed E-state index contributed by atoms with van der Waals surface area (Å²) in [6, 6.07) is 29.8. The number of amides is 2. The molecule has 0 aliphatic carbocycles. The Morgan fingerprint density at radius 2 is 1.63 bits per heavy atom. The van der Waals surface area contributed by atoms with E-state index in [1.54, 1.807) is 19.1 Å². The highest BCUT2D eigenvalue weighted by Crippen LogP contribution is 2.42. The molecule has 9 heteroatoms. The highest BCUT2D eigenvalue weighted by atomic mass is 16.7. The van der Waals surface area contributed by atoms with E-state index in [2.05, 4.69) is 78.9 Å². The maximum atomic E-state index is 12.3. The fourth-order valence-corrected chi connectivity index (χ4v) is 5.76. The quantitative estimate of drug-likeness (QED) is 0.163. The molecule has 0 radical (unpaired) electrons. The Balaban J connectivity index is 1.32. The van der Waals surface area contributed by atoms with Crippen molar-refractivity contribution >= 4 is 28.5 Å². The van der Waals surface area contributed by atoms with E-state index in [1.165, 1.54) is 16.3 Å². The van der Waals surface area contributed by atoms with E-state index in [1.807, 2.05) is 36.4 Å². The van der Waals surface area contributed by atoms with Gasteiger partial charge in [-0.3, -0.25) is 9.69 Å². The molecular formula is C37H43N3O6. The number of ether oxygens (including phenoxy) is 3. The summed E-state index contributed by atoms with van der Waals surface area (Å²) in [5.74, 6) is -0.465. The van der Waals surface area contributed by atoms with Gasteiger partial charge in [-0.1, -0.05) is 79.7 Å². The lowest BCUT2D eigenvalue weighted by Crippen LogP contribution is -2.44. The van der Waals surface area contributed by atoms with E-state index in [9.17, 15) is 14.7 Å². The van der Waals surface area contributed by atoms with Crippen LogP contribution in [0.2, 0.25) is 0 Å². The van der Waals surface area contributed by atoms with Gasteiger partial charge >= 0.3 is 12.0 Å². The standard InChI is InChI=1S/C37H43N3O6/c1-5-44-34(42)21-38-37(43)39-32-18-16-29(17-19-32)36-45-33(24(2)35(46-36)28-12-10-26(23-41)11-13-28)22-40(4)25(3)30-15-14-27-8-6-7-9-31(27)20-30/h6-20,24-25,33,35-36,41H,5,21-23H2,1-4H3,(H2,38,39,43)/t24-,25-,33+,35+,36+/m1/s1. The molecule has 2 amide bonds. The molecule has 0 unspecified atom stereocenters. The van der Waals surface area contributed by atoms with Crippen LogP contribution in [0.5, 0.6) is 0 Å². The third-order valence-electron chi connectivity index (χ3n) is 8.65. The first kappa shape index (κ1) is 33.1. The predicted octanol–water partition coefficient (Wildman–Crippen LogP) is 6.50. The van der Waals surface area contributed by atoms with Gasteiger partial charge in [-0.2, -0.15) is 0 Å². The molecule has 3 N–H and O–H groups in total. The third-order valence-corrected chi connectivity index (χ3v) is 8.65. The summed E-state index contributed by atoms with van der Waals surface area (Å²) in [4.78, 5) is 26.1. The Morgan fingerprint density at radius 1 is 0.935 bits per heavy atom. The van der Waals surface area contributed by atoms with Crippen LogP contribution in [0.3, 0.4) is 0 Å². The average Bonchev–Trinajstić information content (AvgIpc) is 3.08. The zero-order valence-electron chi connectivity index (χ0n) is 26.8. The van der Waals surface area contributed by atoms with Gasteiger partial charge in [-0.05, 0) is 66.6 Å². The number of likely N-dealkylation sites (N-methyl/N-ethyl adjacent to an activating group) is 1. The zero-order chi connectivity index (χ0) is 32.6. The number of nitrogens with zero attached hydrogens (tertiary/aromatic N) is 1. The lowest BCUT2D eigenvalue weighted by Gasteiger charge is -2.43. The van der Waals surface area contributed by atoms with Gasteiger partial charge in [0.15, 0.2) is 6.29 Å². The molecule has 9 nitrogen and oxygen atoms in total. The lowest BCUT2D eigenvalue weighted by molar-refractivity contribution is -0.276. The van der Waals surface area contributed by atoms with Gasteiger partial charge < -0.3 is 30.0 Å². The number of nitrogens with one attached hydrogen (secondary N) is 2. The third kappa shape index (κ3) is 8.10. The van der Waals surface area contributed by atoms with Gasteiger partial charge in [0.1, 0.15) is 6.54 Å². The van der Waals surface area contributed by atoms with Crippen molar-refractivity contribution in [3.63, 3.8) is 0 Å². The smallest absolute Gasteiger partial charge is 0.325 e. The highest BCUT2D eigenvalue weighted by molar-refractivity contribution is 5.91. The van der Waals surface area contributed by atoms with Crippen LogP contribution >= 0.6 is 0 Å². The number of rotatable bonds is 11. The Bertz CT molecular complexity index is 1610. The number of benzene rings is 4. The van der Waals surface area contributed by atoms with Gasteiger partial charge in [0, 0.05) is 29.8 Å². The Hall–Kier alpha value is -4.28. The molecule has 0 bridgehead atoms. The minimum Gasteiger partial charge on any atom is -0.465 e. The van der Waals surface area contributed by atoms with Crippen molar-refractivity contribution in [1.29, 1.82) is 0 Å². The van der Waals surface area contributed by atoms with E-state index < -0.39 is 18.3 Å². The monoisotopic (exact) mass is 625 g/mol. The summed E-state index contributed by atoms with van der Waals surface area (Å²) >= 11 is 0. The fraction of sp³-hybridized carbons (Fsp3) is 0.351. The van der Waals surface area contributed by atoms with Gasteiger partial charge in [0.2, 0.25) is 0 Å². The van der Waals surface area contributed by atoms with Crippen molar-refractivity contribution in [2.75, 3.05) is 32.1 Å². The molecular weight excluding hydrogens is 582 g/mol. The molecule has 4 aromatic carbocycles. The summed E-state index contributed by atoms with van der Waals surface area (Å²) in [7, 11) is 2.12. The average molecular weight is 626 g/mol. The van der Waals surface area contributed by atoms with Crippen LogP contribution in [0.4, 0.5) is 10.5 Å². The summed E-state index contributed by atoms with van der Waals surface area (Å²) in [5.41, 5.74) is 4.48. The Labute approximate surface area is 270 Å². The Kier molecular flexibility index (Phi) is 11.0. The Morgan fingerprint density at radius 3 is 2.33 bits per heavy atom. The van der Waals surface area contributed by atoms with Gasteiger partial charge in [0.05, 0.1) is 25.4 Å². The number of aliphatic hydroxyl groups excluding tert-OH is 1. The minimum atomic E-state index is -0.639. The van der Waals surface area contributed by atoms with Crippen molar-refractivity contribution in [3.8, 4) is 0 Å². The van der Waals surface area contributed by atoms with Crippen LogP contribution in [0.25, 0.3) is 10.8 Å². The molecule has 46 heavy (non-hydrogen) atoms. The molecule has 1 saturated heterocycles. The van der Waals surface area contributed by atoms with E-state index in [0.717, 1.165) is 16.7 Å². The number of hydrogen-bond donors (Lipinski definition) is 3. The van der Waals surface area contributed by atoms with Crippen LogP contribution in [0.1, 0.15) is 61.5 Å². The van der Waals surface area contributed by atoms with Crippen LogP contribution < -0.4 is 10.6 Å². The largest absolute Gasteiger partial charge is 0.465 e. The normalized spacial score (nSPS) is 20.3. The molecule has 1 aliphatic rings. The number of carbonyl (C=O) groups excluding carboxylic acids is 2. The first-order chi connectivity index (χ1) is 22.2. The molecule has 0 spiro atoms. The summed E-state index contributed by atoms with van der Waals surface area (Å²) in [5, 5.41) is 17.2. The van der Waals surface area contributed by atoms with Crippen LogP contribution in [0.15, 0.2) is 91.0 Å². The lowest BCUT2D eigenvalue weighted by atomic mass is 9.89. The van der Waals surface area contributed by atoms with E-state index >= 15 is 0 Å². The molecule has 4 aromatic rings. The molecule has 1 heterocycles. The number of esters is 1. The van der Waals surface area contributed by atoms with Crippen molar-refractivity contribution in [1.82, 2.24) is 10.2 Å². The van der Waals surface area contributed by atoms with Gasteiger partial charge in [-0.25, -0.2) is 4.79 Å². The minimum absolute atomic E-state index is 0.0194.